The van der Waals surface area contributed by atoms with Crippen LogP contribution in [0.3, 0.4) is 0 Å². The smallest absolute Gasteiger partial charge is 0.161 e. The van der Waals surface area contributed by atoms with Gasteiger partial charge in [0.15, 0.2) is 11.5 Å². The van der Waals surface area contributed by atoms with Gasteiger partial charge in [-0.25, -0.2) is 0 Å². The summed E-state index contributed by atoms with van der Waals surface area (Å²) in [5.41, 5.74) is 3.23. The molecule has 6 rings (SSSR count). The lowest BCUT2D eigenvalue weighted by Crippen LogP contribution is -2.46. The number of para-hydroxylation sites is 1. The third-order valence-corrected chi connectivity index (χ3v) is 9.12. The minimum atomic E-state index is -0.660. The maximum atomic E-state index is 10.5. The molecule has 9 heteroatoms. The minimum Gasteiger partial charge on any atom is -0.493 e. The maximum absolute atomic E-state index is 10.5. The fourth-order valence-electron chi connectivity index (χ4n) is 6.81. The first-order chi connectivity index (χ1) is 22.1. The fraction of sp³-hybridized carbons (Fsp3) is 0.500. The molecular formula is C36H47N3O6. The lowest BCUT2D eigenvalue weighted by atomic mass is 9.91. The summed E-state index contributed by atoms with van der Waals surface area (Å²) in [5.74, 6) is 2.16. The van der Waals surface area contributed by atoms with Crippen LogP contribution in [0, 0.1) is 0 Å². The lowest BCUT2D eigenvalue weighted by molar-refractivity contribution is -0.0316. The lowest BCUT2D eigenvalue weighted by Gasteiger charge is -2.37. The molecule has 4 atom stereocenters. The van der Waals surface area contributed by atoms with Crippen molar-refractivity contribution < 1.29 is 29.2 Å². The summed E-state index contributed by atoms with van der Waals surface area (Å²) in [4.78, 5) is 5.85. The number of H-pyrrole nitrogens is 1. The normalized spacial score (nSPS) is 21.4. The zero-order valence-corrected chi connectivity index (χ0v) is 26.2. The van der Waals surface area contributed by atoms with Crippen molar-refractivity contribution in [3.63, 3.8) is 0 Å². The Bertz CT molecular complexity index is 1530. The van der Waals surface area contributed by atoms with E-state index in [0.29, 0.717) is 43.8 Å². The van der Waals surface area contributed by atoms with Crippen molar-refractivity contribution in [1.82, 2.24) is 15.2 Å². The summed E-state index contributed by atoms with van der Waals surface area (Å²) in [7, 11) is 1.66. The van der Waals surface area contributed by atoms with Gasteiger partial charge in [-0.2, -0.15) is 0 Å². The highest BCUT2D eigenvalue weighted by Crippen LogP contribution is 2.33. The van der Waals surface area contributed by atoms with Gasteiger partial charge in [0.1, 0.15) is 25.1 Å². The Morgan fingerprint density at radius 2 is 1.80 bits per heavy atom. The first kappa shape index (κ1) is 31.6. The zero-order valence-electron chi connectivity index (χ0n) is 26.2. The van der Waals surface area contributed by atoms with Gasteiger partial charge in [0.05, 0.1) is 31.4 Å². The summed E-state index contributed by atoms with van der Waals surface area (Å²) in [6, 6.07) is 20.6. The van der Waals surface area contributed by atoms with Crippen molar-refractivity contribution in [1.29, 1.82) is 0 Å². The number of nitrogens with zero attached hydrogens (tertiary/aromatic N) is 1. The van der Waals surface area contributed by atoms with E-state index in [1.54, 1.807) is 7.11 Å². The van der Waals surface area contributed by atoms with E-state index in [1.807, 2.05) is 42.5 Å². The molecule has 242 valence electrons. The van der Waals surface area contributed by atoms with Crippen LogP contribution in [-0.4, -0.2) is 97.6 Å². The molecule has 2 aliphatic rings. The van der Waals surface area contributed by atoms with Gasteiger partial charge in [0.2, 0.25) is 0 Å². The number of nitrogens with one attached hydrogen (secondary N) is 2. The Hall–Kier alpha value is -3.34. The average Bonchev–Trinajstić information content (AvgIpc) is 3.68. The van der Waals surface area contributed by atoms with Gasteiger partial charge >= 0.3 is 0 Å². The molecule has 1 saturated heterocycles. The average molecular weight is 618 g/mol. The van der Waals surface area contributed by atoms with Crippen LogP contribution in [0.15, 0.2) is 60.7 Å². The number of benzene rings is 3. The second kappa shape index (κ2) is 15.3. The number of aromatic amines is 1. The number of β-amino-alcohol motifs (C(OH)–C–C–N with tert-alkyl or cyclic N) is 1. The quantitative estimate of drug-likeness (QED) is 0.143. The SMILES string of the molecule is COc1cc(CCO[C@H]2CCCC[C@H]2N2CC[C@H](O)C2)ccc1OCCNCC(O)COc1cccc2[nH]c3ccccc3c12. The van der Waals surface area contributed by atoms with Crippen LogP contribution in [-0.2, 0) is 11.2 Å². The van der Waals surface area contributed by atoms with E-state index < -0.39 is 6.10 Å². The van der Waals surface area contributed by atoms with E-state index in [9.17, 15) is 10.2 Å². The number of aliphatic hydroxyl groups excluding tert-OH is 2. The summed E-state index contributed by atoms with van der Waals surface area (Å²) < 4.78 is 24.0. The van der Waals surface area contributed by atoms with Crippen LogP contribution in [0.1, 0.15) is 37.7 Å². The van der Waals surface area contributed by atoms with Gasteiger partial charge in [-0.1, -0.05) is 43.2 Å². The zero-order chi connectivity index (χ0) is 31.0. The molecule has 1 unspecified atom stereocenters. The van der Waals surface area contributed by atoms with Crippen LogP contribution in [0.2, 0.25) is 0 Å². The number of ether oxygens (including phenoxy) is 4. The second-order valence-electron chi connectivity index (χ2n) is 12.3. The molecule has 4 aromatic rings. The largest absolute Gasteiger partial charge is 0.493 e. The Balaban J connectivity index is 0.910. The molecular weight excluding hydrogens is 570 g/mol. The molecule has 0 bridgehead atoms. The molecule has 0 spiro atoms. The van der Waals surface area contributed by atoms with E-state index in [0.717, 1.165) is 71.9 Å². The number of hydrogen-bond acceptors (Lipinski definition) is 8. The second-order valence-corrected chi connectivity index (χ2v) is 12.3. The molecule has 45 heavy (non-hydrogen) atoms. The van der Waals surface area contributed by atoms with Crippen LogP contribution in [0.25, 0.3) is 21.8 Å². The van der Waals surface area contributed by atoms with Crippen molar-refractivity contribution in [2.75, 3.05) is 53.1 Å². The van der Waals surface area contributed by atoms with Crippen LogP contribution < -0.4 is 19.5 Å². The summed E-state index contributed by atoms with van der Waals surface area (Å²) in [6.07, 6.45) is 5.75. The first-order valence-corrected chi connectivity index (χ1v) is 16.4. The standard InChI is InChI=1S/C36H47N3O6/c1-42-35-21-25(16-19-43-32-11-5-4-10-31(32)39-18-15-26(40)23-39)13-14-33(35)44-20-17-37-22-27(41)24-45-34-12-6-9-30-36(34)28-7-2-3-8-29(28)38-30/h2-3,6-9,12-14,21,26-27,31-32,37-38,40-41H,4-5,10-11,15-20,22-24H2,1H3/t26-,27?,31+,32-/m0/s1. The predicted octanol–water partition coefficient (Wildman–Crippen LogP) is 4.67. The Kier molecular flexibility index (Phi) is 10.8. The highest BCUT2D eigenvalue weighted by atomic mass is 16.5. The first-order valence-electron chi connectivity index (χ1n) is 16.4. The predicted molar refractivity (Wildman–Crippen MR) is 177 cm³/mol. The highest BCUT2D eigenvalue weighted by Gasteiger charge is 2.34. The molecule has 1 aliphatic carbocycles. The summed E-state index contributed by atoms with van der Waals surface area (Å²) >= 11 is 0. The van der Waals surface area contributed by atoms with E-state index in [2.05, 4.69) is 33.4 Å². The molecule has 2 fully saturated rings. The van der Waals surface area contributed by atoms with Crippen LogP contribution in [0.4, 0.5) is 0 Å². The van der Waals surface area contributed by atoms with E-state index in [4.69, 9.17) is 18.9 Å². The van der Waals surface area contributed by atoms with Crippen molar-refractivity contribution in [2.24, 2.45) is 0 Å². The third kappa shape index (κ3) is 7.91. The number of fused-ring (bicyclic) bond motifs is 3. The van der Waals surface area contributed by atoms with Gasteiger partial charge in [-0.3, -0.25) is 4.90 Å². The van der Waals surface area contributed by atoms with Crippen molar-refractivity contribution in [3.05, 3.63) is 66.2 Å². The van der Waals surface area contributed by atoms with Gasteiger partial charge in [-0.05, 0) is 61.6 Å². The number of rotatable bonds is 15. The van der Waals surface area contributed by atoms with E-state index >= 15 is 0 Å². The van der Waals surface area contributed by atoms with E-state index in [1.165, 1.54) is 12.8 Å². The Labute approximate surface area is 265 Å². The molecule has 1 aliphatic heterocycles. The van der Waals surface area contributed by atoms with Crippen LogP contribution in [0.5, 0.6) is 17.2 Å². The summed E-state index contributed by atoms with van der Waals surface area (Å²) in [5, 5.41) is 25.9. The van der Waals surface area contributed by atoms with E-state index in [-0.39, 0.29) is 18.8 Å². The molecule has 1 aromatic heterocycles. The van der Waals surface area contributed by atoms with Crippen molar-refractivity contribution >= 4 is 21.8 Å². The molecule has 9 nitrogen and oxygen atoms in total. The number of aliphatic hydroxyl groups is 2. The van der Waals surface area contributed by atoms with Gasteiger partial charge < -0.3 is 39.5 Å². The molecule has 1 saturated carbocycles. The Morgan fingerprint density at radius 1 is 0.933 bits per heavy atom. The molecule has 3 aromatic carbocycles. The van der Waals surface area contributed by atoms with Crippen molar-refractivity contribution in [3.8, 4) is 17.2 Å². The Morgan fingerprint density at radius 3 is 2.67 bits per heavy atom. The molecule has 0 radical (unpaired) electrons. The van der Waals surface area contributed by atoms with Crippen molar-refractivity contribution in [2.45, 2.75) is 62.9 Å². The number of likely N-dealkylation sites (tertiary alicyclic amines) is 1. The third-order valence-electron chi connectivity index (χ3n) is 9.12. The maximum Gasteiger partial charge on any atom is 0.161 e. The number of methoxy groups -OCH3 is 1. The number of aromatic nitrogens is 1. The monoisotopic (exact) mass is 617 g/mol. The topological polar surface area (TPSA) is 108 Å². The van der Waals surface area contributed by atoms with Gasteiger partial charge in [0.25, 0.3) is 0 Å². The summed E-state index contributed by atoms with van der Waals surface area (Å²) in [6.45, 7) is 4.00. The molecule has 0 amide bonds. The highest BCUT2D eigenvalue weighted by molar-refractivity contribution is 6.10. The molecule has 2 heterocycles. The fourth-order valence-corrected chi connectivity index (χ4v) is 6.81. The van der Waals surface area contributed by atoms with Gasteiger partial charge in [0, 0.05) is 48.5 Å². The number of hydrogen-bond donors (Lipinski definition) is 4. The van der Waals surface area contributed by atoms with Gasteiger partial charge in [-0.15, -0.1) is 0 Å². The van der Waals surface area contributed by atoms with Crippen LogP contribution >= 0.6 is 0 Å². The minimum absolute atomic E-state index is 0.189. The molecule has 4 N–H and O–H groups in total.